The first kappa shape index (κ1) is 8.54. The van der Waals surface area contributed by atoms with E-state index in [1.54, 1.807) is 0 Å². The van der Waals surface area contributed by atoms with Crippen molar-refractivity contribution in [3.63, 3.8) is 0 Å². The first-order valence-electron chi connectivity index (χ1n) is 4.03. The monoisotopic (exact) mass is 206 g/mol. The molecule has 60 valence electrons. The van der Waals surface area contributed by atoms with E-state index in [4.69, 9.17) is 4.74 Å². The zero-order chi connectivity index (χ0) is 7.61. The lowest BCUT2D eigenvalue weighted by Gasteiger charge is -2.02. The lowest BCUT2D eigenvalue weighted by Crippen LogP contribution is -2.15. The molecule has 1 rings (SSSR count). The largest absolute Gasteiger partial charge is 0.365 e. The van der Waals surface area contributed by atoms with Gasteiger partial charge in [0.05, 0.1) is 6.10 Å². The van der Waals surface area contributed by atoms with Crippen LogP contribution in [0.1, 0.15) is 33.1 Å². The van der Waals surface area contributed by atoms with Crippen molar-refractivity contribution in [2.24, 2.45) is 0 Å². The Balaban J connectivity index is 2.30. The van der Waals surface area contributed by atoms with Crippen molar-refractivity contribution in [2.45, 2.75) is 44.8 Å². The van der Waals surface area contributed by atoms with Crippen molar-refractivity contribution in [3.05, 3.63) is 0 Å². The van der Waals surface area contributed by atoms with Gasteiger partial charge in [0.15, 0.2) is 0 Å². The van der Waals surface area contributed by atoms with Gasteiger partial charge in [-0.25, -0.2) is 0 Å². The predicted molar refractivity (Wildman–Crippen MR) is 46.6 cm³/mol. The molecule has 0 aromatic heterocycles. The summed E-state index contributed by atoms with van der Waals surface area (Å²) in [6.45, 7) is 4.40. The number of hydrogen-bond donors (Lipinski definition) is 0. The van der Waals surface area contributed by atoms with Crippen LogP contribution in [0.4, 0.5) is 0 Å². The van der Waals surface area contributed by atoms with Crippen LogP contribution in [0.15, 0.2) is 0 Å². The molecule has 2 atom stereocenters. The molecule has 0 radical (unpaired) electrons. The van der Waals surface area contributed by atoms with Crippen molar-refractivity contribution < 1.29 is 4.74 Å². The third kappa shape index (κ3) is 1.37. The Morgan fingerprint density at radius 3 is 2.50 bits per heavy atom. The summed E-state index contributed by atoms with van der Waals surface area (Å²) in [7, 11) is 0. The Labute approximate surface area is 71.3 Å². The second-order valence-corrected chi connectivity index (χ2v) is 3.51. The van der Waals surface area contributed by atoms with E-state index in [2.05, 4.69) is 29.8 Å². The number of hydrogen-bond acceptors (Lipinski definition) is 1. The van der Waals surface area contributed by atoms with Gasteiger partial charge in [-0.2, -0.15) is 0 Å². The summed E-state index contributed by atoms with van der Waals surface area (Å²) in [6.07, 6.45) is 4.14. The van der Waals surface area contributed by atoms with Crippen molar-refractivity contribution in [3.8, 4) is 0 Å². The van der Waals surface area contributed by atoms with E-state index in [1.165, 1.54) is 12.8 Å². The molecule has 1 aliphatic heterocycles. The molecule has 1 nitrogen and oxygen atoms in total. The molecule has 2 unspecified atom stereocenters. The van der Waals surface area contributed by atoms with Crippen LogP contribution >= 0.6 is 15.9 Å². The Morgan fingerprint density at radius 1 is 1.50 bits per heavy atom. The maximum Gasteiger partial charge on any atom is 0.104 e. The molecule has 1 saturated heterocycles. The SMILES string of the molecule is CCCC1OC1(CC)CBr. The molecule has 10 heavy (non-hydrogen) atoms. The van der Waals surface area contributed by atoms with Gasteiger partial charge in [-0.1, -0.05) is 36.2 Å². The fourth-order valence-electron chi connectivity index (χ4n) is 1.36. The molecular formula is C8H15BrO. The van der Waals surface area contributed by atoms with E-state index in [0.29, 0.717) is 6.10 Å². The molecule has 0 bridgehead atoms. The molecule has 0 amide bonds. The minimum atomic E-state index is 0.218. The fourth-order valence-corrected chi connectivity index (χ4v) is 2.25. The normalized spacial score (nSPS) is 38.1. The molecule has 0 saturated carbocycles. The highest BCUT2D eigenvalue weighted by molar-refractivity contribution is 9.09. The van der Waals surface area contributed by atoms with Gasteiger partial charge < -0.3 is 4.74 Å². The Kier molecular flexibility index (Phi) is 2.75. The molecule has 2 heteroatoms. The molecule has 0 aromatic carbocycles. The van der Waals surface area contributed by atoms with Crippen molar-refractivity contribution >= 4 is 15.9 Å². The van der Waals surface area contributed by atoms with Crippen LogP contribution in [0.3, 0.4) is 0 Å². The van der Waals surface area contributed by atoms with Crippen LogP contribution in [0.25, 0.3) is 0 Å². The third-order valence-corrected chi connectivity index (χ3v) is 3.23. The fraction of sp³-hybridized carbons (Fsp3) is 1.00. The molecule has 0 aromatic rings. The van der Waals surface area contributed by atoms with Gasteiger partial charge in [0.1, 0.15) is 5.60 Å². The zero-order valence-corrected chi connectivity index (χ0v) is 8.28. The summed E-state index contributed by atoms with van der Waals surface area (Å²) in [4.78, 5) is 0. The van der Waals surface area contributed by atoms with E-state index in [-0.39, 0.29) is 5.60 Å². The molecule has 1 aliphatic rings. The lowest BCUT2D eigenvalue weighted by molar-refractivity contribution is 0.304. The van der Waals surface area contributed by atoms with E-state index in [1.807, 2.05) is 0 Å². The van der Waals surface area contributed by atoms with Crippen LogP contribution in [-0.4, -0.2) is 17.0 Å². The Hall–Kier alpha value is 0.440. The van der Waals surface area contributed by atoms with Crippen molar-refractivity contribution in [1.29, 1.82) is 0 Å². The van der Waals surface area contributed by atoms with Gasteiger partial charge in [-0.15, -0.1) is 0 Å². The summed E-state index contributed by atoms with van der Waals surface area (Å²) in [5.41, 5.74) is 0.218. The minimum Gasteiger partial charge on any atom is -0.365 e. The van der Waals surface area contributed by atoms with Gasteiger partial charge >= 0.3 is 0 Å². The van der Waals surface area contributed by atoms with Crippen molar-refractivity contribution in [2.75, 3.05) is 5.33 Å². The number of halogens is 1. The average Bonchev–Trinajstić information content (AvgIpc) is 2.65. The maximum absolute atomic E-state index is 5.60. The Bertz CT molecular complexity index is 110. The van der Waals surface area contributed by atoms with Gasteiger partial charge in [0.2, 0.25) is 0 Å². The van der Waals surface area contributed by atoms with E-state index < -0.39 is 0 Å². The van der Waals surface area contributed by atoms with E-state index in [0.717, 1.165) is 11.8 Å². The van der Waals surface area contributed by atoms with Crippen LogP contribution in [0, 0.1) is 0 Å². The highest BCUT2D eigenvalue weighted by atomic mass is 79.9. The summed E-state index contributed by atoms with van der Waals surface area (Å²) >= 11 is 3.48. The average molecular weight is 207 g/mol. The van der Waals surface area contributed by atoms with E-state index in [9.17, 15) is 0 Å². The number of ether oxygens (including phenoxy) is 1. The highest BCUT2D eigenvalue weighted by Crippen LogP contribution is 2.43. The van der Waals surface area contributed by atoms with E-state index >= 15 is 0 Å². The van der Waals surface area contributed by atoms with Crippen LogP contribution in [-0.2, 0) is 4.74 Å². The molecule has 1 heterocycles. The van der Waals surface area contributed by atoms with Crippen LogP contribution in [0.5, 0.6) is 0 Å². The summed E-state index contributed by atoms with van der Waals surface area (Å²) in [6, 6.07) is 0. The van der Waals surface area contributed by atoms with Gasteiger partial charge in [0, 0.05) is 5.33 Å². The zero-order valence-electron chi connectivity index (χ0n) is 6.69. The lowest BCUT2D eigenvalue weighted by atomic mass is 10.0. The minimum absolute atomic E-state index is 0.218. The third-order valence-electron chi connectivity index (χ3n) is 2.28. The smallest absolute Gasteiger partial charge is 0.104 e. The molecule has 1 fully saturated rings. The van der Waals surface area contributed by atoms with Gasteiger partial charge in [0.25, 0.3) is 0 Å². The highest BCUT2D eigenvalue weighted by Gasteiger charge is 2.52. The summed E-state index contributed by atoms with van der Waals surface area (Å²) in [5, 5.41) is 1.00. The predicted octanol–water partition coefficient (Wildman–Crippen LogP) is 2.73. The first-order valence-corrected chi connectivity index (χ1v) is 5.15. The molecular weight excluding hydrogens is 192 g/mol. The van der Waals surface area contributed by atoms with Crippen LogP contribution in [0.2, 0.25) is 0 Å². The summed E-state index contributed by atoms with van der Waals surface area (Å²) < 4.78 is 5.60. The number of alkyl halides is 1. The topological polar surface area (TPSA) is 12.5 Å². The number of rotatable bonds is 4. The standard InChI is InChI=1S/C8H15BrO/c1-3-5-7-8(4-2,6-9)10-7/h7H,3-6H2,1-2H3. The van der Waals surface area contributed by atoms with Gasteiger partial charge in [-0.05, 0) is 12.8 Å². The second kappa shape index (κ2) is 3.22. The quantitative estimate of drug-likeness (QED) is 0.510. The second-order valence-electron chi connectivity index (χ2n) is 2.95. The van der Waals surface area contributed by atoms with Gasteiger partial charge in [-0.3, -0.25) is 0 Å². The summed E-state index contributed by atoms with van der Waals surface area (Å²) in [5.74, 6) is 0. The molecule has 0 spiro atoms. The van der Waals surface area contributed by atoms with Crippen molar-refractivity contribution in [1.82, 2.24) is 0 Å². The maximum atomic E-state index is 5.60. The number of epoxide rings is 1. The molecule has 0 N–H and O–H groups in total. The Morgan fingerprint density at radius 2 is 2.20 bits per heavy atom. The molecule has 0 aliphatic carbocycles. The van der Waals surface area contributed by atoms with Crippen LogP contribution < -0.4 is 0 Å². The first-order chi connectivity index (χ1) is 4.79.